The minimum Gasteiger partial charge on any atom is -0.497 e. The van der Waals surface area contributed by atoms with Crippen LogP contribution in [0.25, 0.3) is 0 Å². The van der Waals surface area contributed by atoms with E-state index in [1.807, 2.05) is 12.1 Å². The average molecular weight is 477 g/mol. The average Bonchev–Trinajstić information content (AvgIpc) is 3.41. The van der Waals surface area contributed by atoms with Gasteiger partial charge in [-0.05, 0) is 48.7 Å². The second-order valence-corrected chi connectivity index (χ2v) is 9.38. The van der Waals surface area contributed by atoms with Gasteiger partial charge in [0.25, 0.3) is 0 Å². The summed E-state index contributed by atoms with van der Waals surface area (Å²) >= 11 is 0. The quantitative estimate of drug-likeness (QED) is 0.523. The molecular formula is C26H28N4O5. The van der Waals surface area contributed by atoms with Crippen molar-refractivity contribution in [1.29, 1.82) is 0 Å². The van der Waals surface area contributed by atoms with Gasteiger partial charge >= 0.3 is 0 Å². The summed E-state index contributed by atoms with van der Waals surface area (Å²) in [5.74, 6) is -3.44. The molecule has 9 nitrogen and oxygen atoms in total. The minimum absolute atomic E-state index is 0.182. The summed E-state index contributed by atoms with van der Waals surface area (Å²) in [6, 6.07) is 11.7. The highest BCUT2D eigenvalue weighted by Gasteiger charge is 2.70. The Hall–Kier alpha value is -3.72. The molecule has 9 heteroatoms. The Bertz CT molecular complexity index is 1230. The summed E-state index contributed by atoms with van der Waals surface area (Å²) in [5.41, 5.74) is 6.59. The van der Waals surface area contributed by atoms with Crippen molar-refractivity contribution in [2.24, 2.45) is 17.6 Å². The number of nitrogens with one attached hydrogen (secondary N) is 2. The highest BCUT2D eigenvalue weighted by molar-refractivity contribution is 6.26. The van der Waals surface area contributed by atoms with Crippen LogP contribution in [-0.4, -0.2) is 36.8 Å². The molecule has 4 N–H and O–H groups in total. The third kappa shape index (κ3) is 3.41. The number of hydrogen-bond acceptors (Lipinski definition) is 6. The molecule has 0 radical (unpaired) electrons. The summed E-state index contributed by atoms with van der Waals surface area (Å²) in [5, 5.41) is 6.02. The number of primary amides is 1. The van der Waals surface area contributed by atoms with Crippen LogP contribution < -0.4 is 26.0 Å². The number of rotatable bonds is 7. The maximum atomic E-state index is 13.9. The third-order valence-corrected chi connectivity index (χ3v) is 7.36. The van der Waals surface area contributed by atoms with Crippen LogP contribution in [-0.2, 0) is 31.1 Å². The molecule has 4 amide bonds. The minimum atomic E-state index is -1.52. The van der Waals surface area contributed by atoms with Gasteiger partial charge < -0.3 is 15.8 Å². The fourth-order valence-electron chi connectivity index (χ4n) is 5.75. The predicted octanol–water partition coefficient (Wildman–Crippen LogP) is 1.84. The van der Waals surface area contributed by atoms with Crippen molar-refractivity contribution in [3.8, 4) is 5.75 Å². The Labute approximate surface area is 203 Å². The maximum Gasteiger partial charge on any atom is 0.250 e. The molecular weight excluding hydrogens is 448 g/mol. The van der Waals surface area contributed by atoms with E-state index in [4.69, 9.17) is 10.5 Å². The Morgan fingerprint density at radius 1 is 1.11 bits per heavy atom. The number of hydrogen-bond donors (Lipinski definition) is 3. The number of anilines is 2. The molecule has 0 aliphatic carbocycles. The number of aryl methyl sites for hydroxylation is 1. The summed E-state index contributed by atoms with van der Waals surface area (Å²) in [4.78, 5) is 54.1. The molecule has 2 saturated heterocycles. The van der Waals surface area contributed by atoms with Crippen LogP contribution in [0, 0.1) is 11.8 Å². The number of nitrogens with two attached hydrogens (primary N) is 1. The van der Waals surface area contributed by atoms with Gasteiger partial charge in [0, 0.05) is 23.7 Å². The van der Waals surface area contributed by atoms with Gasteiger partial charge in [0.15, 0.2) is 0 Å². The Balaban J connectivity index is 1.59. The lowest BCUT2D eigenvalue weighted by atomic mass is 9.76. The molecule has 3 aliphatic rings. The number of benzene rings is 2. The van der Waals surface area contributed by atoms with E-state index in [-0.39, 0.29) is 6.42 Å². The van der Waals surface area contributed by atoms with E-state index >= 15 is 0 Å². The smallest absolute Gasteiger partial charge is 0.250 e. The van der Waals surface area contributed by atoms with E-state index in [9.17, 15) is 19.2 Å². The molecule has 0 saturated carbocycles. The molecule has 35 heavy (non-hydrogen) atoms. The van der Waals surface area contributed by atoms with Crippen LogP contribution in [0.15, 0.2) is 42.5 Å². The van der Waals surface area contributed by atoms with Gasteiger partial charge in [0.05, 0.1) is 24.6 Å². The Kier molecular flexibility index (Phi) is 5.59. The van der Waals surface area contributed by atoms with E-state index < -0.39 is 47.0 Å². The lowest BCUT2D eigenvalue weighted by Gasteiger charge is -2.29. The molecule has 2 aromatic carbocycles. The summed E-state index contributed by atoms with van der Waals surface area (Å²) in [7, 11) is 1.51. The molecule has 3 heterocycles. The first kappa shape index (κ1) is 23.0. The molecule has 0 aromatic heterocycles. The van der Waals surface area contributed by atoms with Crippen molar-refractivity contribution in [2.45, 2.75) is 44.2 Å². The zero-order chi connectivity index (χ0) is 24.9. The number of amides is 4. The van der Waals surface area contributed by atoms with Crippen LogP contribution >= 0.6 is 0 Å². The number of methoxy groups -OCH3 is 1. The van der Waals surface area contributed by atoms with E-state index in [1.54, 1.807) is 30.3 Å². The largest absolute Gasteiger partial charge is 0.497 e. The summed E-state index contributed by atoms with van der Waals surface area (Å²) < 4.78 is 5.35. The van der Waals surface area contributed by atoms with Gasteiger partial charge in [-0.1, -0.05) is 25.5 Å². The second-order valence-electron chi connectivity index (χ2n) is 9.38. The molecule has 5 rings (SSSR count). The molecule has 3 aliphatic heterocycles. The summed E-state index contributed by atoms with van der Waals surface area (Å²) in [6.07, 6.45) is 2.85. The predicted molar refractivity (Wildman–Crippen MR) is 129 cm³/mol. The maximum absolute atomic E-state index is 13.9. The number of unbranched alkanes of at least 4 members (excludes halogenated alkanes) is 1. The number of nitrogens with zero attached hydrogens (tertiary/aromatic N) is 1. The topological polar surface area (TPSA) is 131 Å². The van der Waals surface area contributed by atoms with E-state index in [1.165, 1.54) is 7.11 Å². The summed E-state index contributed by atoms with van der Waals surface area (Å²) in [6.45, 7) is 2.12. The van der Waals surface area contributed by atoms with Crippen molar-refractivity contribution >= 4 is 35.0 Å². The number of fused-ring (bicyclic) bond motifs is 4. The Morgan fingerprint density at radius 3 is 2.51 bits per heavy atom. The highest BCUT2D eigenvalue weighted by atomic mass is 16.5. The van der Waals surface area contributed by atoms with Crippen LogP contribution in [0.5, 0.6) is 5.75 Å². The van der Waals surface area contributed by atoms with Crippen molar-refractivity contribution < 1.29 is 23.9 Å². The SMILES string of the molecule is CCCCc1ccc(N2C(=O)C3C(CC(N)=O)NC4(C(=O)Nc5ccc(OC)cc54)C3C2=O)cc1. The molecule has 1 spiro atoms. The first-order valence-corrected chi connectivity index (χ1v) is 11.8. The van der Waals surface area contributed by atoms with Gasteiger partial charge in [0.2, 0.25) is 23.6 Å². The molecule has 4 atom stereocenters. The van der Waals surface area contributed by atoms with Gasteiger partial charge in [-0.2, -0.15) is 0 Å². The highest BCUT2D eigenvalue weighted by Crippen LogP contribution is 2.54. The molecule has 2 aromatic rings. The van der Waals surface area contributed by atoms with Gasteiger partial charge in [-0.3, -0.25) is 24.5 Å². The van der Waals surface area contributed by atoms with Crippen molar-refractivity contribution in [3.63, 3.8) is 0 Å². The number of carbonyl (C=O) groups excluding carboxylic acids is 4. The van der Waals surface area contributed by atoms with Gasteiger partial charge in [-0.25, -0.2) is 4.90 Å². The van der Waals surface area contributed by atoms with Crippen molar-refractivity contribution in [3.05, 3.63) is 53.6 Å². The van der Waals surface area contributed by atoms with Crippen LogP contribution in [0.2, 0.25) is 0 Å². The monoisotopic (exact) mass is 476 g/mol. The van der Waals surface area contributed by atoms with E-state index in [0.717, 1.165) is 29.7 Å². The van der Waals surface area contributed by atoms with Crippen LogP contribution in [0.1, 0.15) is 37.3 Å². The van der Waals surface area contributed by atoms with E-state index in [2.05, 4.69) is 17.6 Å². The fourth-order valence-corrected chi connectivity index (χ4v) is 5.75. The van der Waals surface area contributed by atoms with Gasteiger partial charge in [0.1, 0.15) is 11.3 Å². The second kappa shape index (κ2) is 8.49. The first-order valence-electron chi connectivity index (χ1n) is 11.8. The van der Waals surface area contributed by atoms with Crippen LogP contribution in [0.4, 0.5) is 11.4 Å². The van der Waals surface area contributed by atoms with E-state index in [0.29, 0.717) is 22.7 Å². The van der Waals surface area contributed by atoms with Crippen LogP contribution in [0.3, 0.4) is 0 Å². The third-order valence-electron chi connectivity index (χ3n) is 7.36. The van der Waals surface area contributed by atoms with Crippen molar-refractivity contribution in [2.75, 3.05) is 17.3 Å². The lowest BCUT2D eigenvalue weighted by Crippen LogP contribution is -2.53. The van der Waals surface area contributed by atoms with Gasteiger partial charge in [-0.15, -0.1) is 0 Å². The van der Waals surface area contributed by atoms with Crippen molar-refractivity contribution in [1.82, 2.24) is 5.32 Å². The first-order chi connectivity index (χ1) is 16.8. The Morgan fingerprint density at radius 2 is 1.86 bits per heavy atom. The molecule has 0 bridgehead atoms. The normalized spacial score (nSPS) is 26.7. The molecule has 182 valence electrons. The zero-order valence-electron chi connectivity index (χ0n) is 19.7. The number of ether oxygens (including phenoxy) is 1. The molecule has 4 unspecified atom stereocenters. The number of imide groups is 1. The number of carbonyl (C=O) groups is 4. The molecule has 2 fully saturated rings. The standard InChI is InChI=1S/C26H28N4O5/c1-3-4-5-14-6-8-15(9-7-14)30-23(32)21-19(13-20(27)31)29-26(22(21)24(30)33)17-12-16(35-2)10-11-18(17)28-25(26)34/h6-12,19,21-22,29H,3-5,13H2,1-2H3,(H2,27,31)(H,28,34). The lowest BCUT2D eigenvalue weighted by molar-refractivity contribution is -0.130. The zero-order valence-corrected chi connectivity index (χ0v) is 19.7. The fraction of sp³-hybridized carbons (Fsp3) is 0.385.